The van der Waals surface area contributed by atoms with E-state index in [9.17, 15) is 4.79 Å². The highest BCUT2D eigenvalue weighted by atomic mass is 16.2. The fourth-order valence-electron chi connectivity index (χ4n) is 3.72. The van der Waals surface area contributed by atoms with Crippen LogP contribution < -0.4 is 10.6 Å². The first kappa shape index (κ1) is 19.1. The number of likely N-dealkylation sites (tertiary alicyclic amines) is 1. The summed E-state index contributed by atoms with van der Waals surface area (Å²) in [5, 5.41) is 10.2. The molecule has 7 heteroatoms. The van der Waals surface area contributed by atoms with Gasteiger partial charge in [0.2, 0.25) is 0 Å². The molecular weight excluding hydrogens is 364 g/mol. The molecule has 0 saturated carbocycles. The second-order valence-corrected chi connectivity index (χ2v) is 7.21. The molecule has 1 aliphatic rings. The maximum absolute atomic E-state index is 12.4. The van der Waals surface area contributed by atoms with E-state index in [0.717, 1.165) is 24.5 Å². The minimum absolute atomic E-state index is 0.164. The molecule has 0 aliphatic carbocycles. The van der Waals surface area contributed by atoms with E-state index < -0.39 is 0 Å². The van der Waals surface area contributed by atoms with Crippen LogP contribution in [0.2, 0.25) is 0 Å². The van der Waals surface area contributed by atoms with Crippen LogP contribution in [0.5, 0.6) is 0 Å². The van der Waals surface area contributed by atoms with Crippen molar-refractivity contribution in [1.82, 2.24) is 30.3 Å². The Bertz CT molecular complexity index is 906. The first-order valence-corrected chi connectivity index (χ1v) is 10.1. The molecule has 1 aliphatic heterocycles. The summed E-state index contributed by atoms with van der Waals surface area (Å²) in [7, 11) is 0. The molecular formula is C22H26N6O. The normalized spacial score (nSPS) is 15.2. The lowest BCUT2D eigenvalue weighted by Crippen LogP contribution is -2.41. The number of carbonyl (C=O) groups is 1. The summed E-state index contributed by atoms with van der Waals surface area (Å²) in [6, 6.07) is 16.1. The lowest BCUT2D eigenvalue weighted by atomic mass is 10.1. The summed E-state index contributed by atoms with van der Waals surface area (Å²) in [4.78, 5) is 19.2. The number of hydrogen-bond acceptors (Lipinski definition) is 4. The fraction of sp³-hybridized carbons (Fsp3) is 0.318. The molecule has 0 radical (unpaired) electrons. The van der Waals surface area contributed by atoms with Crippen LogP contribution in [0.4, 0.5) is 4.79 Å². The van der Waals surface area contributed by atoms with E-state index in [1.54, 1.807) is 17.1 Å². The van der Waals surface area contributed by atoms with E-state index in [-0.39, 0.29) is 12.1 Å². The van der Waals surface area contributed by atoms with Crippen LogP contribution in [0.25, 0.3) is 5.82 Å². The first-order chi connectivity index (χ1) is 14.3. The Balaban J connectivity index is 1.32. The van der Waals surface area contributed by atoms with Crippen molar-refractivity contribution in [2.75, 3.05) is 19.6 Å². The molecule has 2 N–H and O–H groups in total. The summed E-state index contributed by atoms with van der Waals surface area (Å²) in [6.45, 7) is 3.18. The summed E-state index contributed by atoms with van der Waals surface area (Å²) in [5.41, 5.74) is 2.22. The topological polar surface area (TPSA) is 75.1 Å². The molecule has 3 heterocycles. The number of rotatable bonds is 7. The van der Waals surface area contributed by atoms with Gasteiger partial charge in [-0.25, -0.2) is 14.5 Å². The highest BCUT2D eigenvalue weighted by molar-refractivity contribution is 5.73. The summed E-state index contributed by atoms with van der Waals surface area (Å²) in [6.07, 6.45) is 7.72. The van der Waals surface area contributed by atoms with Crippen LogP contribution in [-0.4, -0.2) is 45.3 Å². The Labute approximate surface area is 170 Å². The smallest absolute Gasteiger partial charge is 0.315 e. The Kier molecular flexibility index (Phi) is 6.16. The summed E-state index contributed by atoms with van der Waals surface area (Å²) >= 11 is 0. The van der Waals surface area contributed by atoms with Gasteiger partial charge in [-0.05, 0) is 55.3 Å². The molecule has 3 aromatic rings. The van der Waals surface area contributed by atoms with Crippen molar-refractivity contribution in [2.45, 2.75) is 25.4 Å². The van der Waals surface area contributed by atoms with Crippen molar-refractivity contribution >= 4 is 6.03 Å². The molecule has 1 saturated heterocycles. The summed E-state index contributed by atoms with van der Waals surface area (Å²) in [5.74, 6) is 0.730. The van der Waals surface area contributed by atoms with Gasteiger partial charge in [0.05, 0.1) is 6.04 Å². The van der Waals surface area contributed by atoms with E-state index in [4.69, 9.17) is 0 Å². The van der Waals surface area contributed by atoms with Crippen molar-refractivity contribution in [3.8, 4) is 5.82 Å². The third kappa shape index (κ3) is 5.00. The zero-order valence-corrected chi connectivity index (χ0v) is 16.4. The van der Waals surface area contributed by atoms with Gasteiger partial charge < -0.3 is 10.6 Å². The first-order valence-electron chi connectivity index (χ1n) is 10.1. The van der Waals surface area contributed by atoms with Gasteiger partial charge in [0, 0.05) is 31.7 Å². The molecule has 1 atom stereocenters. The number of nitrogens with one attached hydrogen (secondary N) is 2. The molecule has 0 bridgehead atoms. The number of pyridine rings is 1. The predicted molar refractivity (Wildman–Crippen MR) is 112 cm³/mol. The van der Waals surface area contributed by atoms with Crippen molar-refractivity contribution in [2.24, 2.45) is 0 Å². The van der Waals surface area contributed by atoms with Crippen LogP contribution in [0, 0.1) is 0 Å². The molecule has 2 aromatic heterocycles. The SMILES string of the molecule is O=C(NCc1ccnc(-n2cccn2)c1)NCC(c1ccccc1)N1CCCC1. The molecule has 1 aromatic carbocycles. The number of amides is 2. The Morgan fingerprint density at radius 3 is 2.62 bits per heavy atom. The third-order valence-electron chi connectivity index (χ3n) is 5.22. The van der Waals surface area contributed by atoms with Gasteiger partial charge in [-0.15, -0.1) is 0 Å². The zero-order chi connectivity index (χ0) is 19.9. The maximum Gasteiger partial charge on any atom is 0.315 e. The van der Waals surface area contributed by atoms with E-state index in [2.05, 4.69) is 49.9 Å². The molecule has 29 heavy (non-hydrogen) atoms. The van der Waals surface area contributed by atoms with Crippen molar-refractivity contribution < 1.29 is 4.79 Å². The van der Waals surface area contributed by atoms with Gasteiger partial charge in [0.1, 0.15) is 0 Å². The fourth-order valence-corrected chi connectivity index (χ4v) is 3.72. The molecule has 0 spiro atoms. The zero-order valence-electron chi connectivity index (χ0n) is 16.4. The molecule has 2 amide bonds. The van der Waals surface area contributed by atoms with E-state index in [1.807, 2.05) is 30.5 Å². The average Bonchev–Trinajstić information content (AvgIpc) is 3.48. The standard InChI is InChI=1S/C22H26N6O/c29-22(24-16-18-9-11-23-21(15-18)28-14-6-10-26-28)25-17-20(27-12-4-5-13-27)19-7-2-1-3-8-19/h1-3,6-11,14-15,20H,4-5,12-13,16-17H2,(H2,24,25,29). The van der Waals surface area contributed by atoms with Crippen molar-refractivity contribution in [3.05, 3.63) is 78.2 Å². The largest absolute Gasteiger partial charge is 0.336 e. The second kappa shape index (κ2) is 9.34. The minimum Gasteiger partial charge on any atom is -0.336 e. The van der Waals surface area contributed by atoms with Gasteiger partial charge >= 0.3 is 6.03 Å². The van der Waals surface area contributed by atoms with Gasteiger partial charge in [-0.2, -0.15) is 5.10 Å². The maximum atomic E-state index is 12.4. The van der Waals surface area contributed by atoms with Gasteiger partial charge in [0.25, 0.3) is 0 Å². The van der Waals surface area contributed by atoms with Gasteiger partial charge in [0.15, 0.2) is 5.82 Å². The molecule has 1 unspecified atom stereocenters. The molecule has 150 valence electrons. The van der Waals surface area contributed by atoms with Crippen LogP contribution in [-0.2, 0) is 6.54 Å². The molecule has 4 rings (SSSR count). The lowest BCUT2D eigenvalue weighted by molar-refractivity contribution is 0.220. The lowest BCUT2D eigenvalue weighted by Gasteiger charge is -2.28. The average molecular weight is 390 g/mol. The monoisotopic (exact) mass is 390 g/mol. The van der Waals surface area contributed by atoms with Crippen LogP contribution >= 0.6 is 0 Å². The third-order valence-corrected chi connectivity index (χ3v) is 5.22. The van der Waals surface area contributed by atoms with Crippen molar-refractivity contribution in [3.63, 3.8) is 0 Å². The van der Waals surface area contributed by atoms with Crippen LogP contribution in [0.15, 0.2) is 67.1 Å². The number of hydrogen-bond donors (Lipinski definition) is 2. The van der Waals surface area contributed by atoms with E-state index >= 15 is 0 Å². The molecule has 1 fully saturated rings. The Morgan fingerprint density at radius 2 is 1.86 bits per heavy atom. The highest BCUT2D eigenvalue weighted by Crippen LogP contribution is 2.24. The number of urea groups is 1. The van der Waals surface area contributed by atoms with Gasteiger partial charge in [-0.1, -0.05) is 30.3 Å². The second-order valence-electron chi connectivity index (χ2n) is 7.21. The highest BCUT2D eigenvalue weighted by Gasteiger charge is 2.23. The minimum atomic E-state index is -0.164. The molecule has 7 nitrogen and oxygen atoms in total. The number of carbonyl (C=O) groups excluding carboxylic acids is 1. The van der Waals surface area contributed by atoms with Crippen LogP contribution in [0.1, 0.15) is 30.0 Å². The summed E-state index contributed by atoms with van der Waals surface area (Å²) < 4.78 is 1.70. The number of benzene rings is 1. The quantitative estimate of drug-likeness (QED) is 0.650. The Morgan fingerprint density at radius 1 is 1.03 bits per heavy atom. The van der Waals surface area contributed by atoms with E-state index in [0.29, 0.717) is 13.1 Å². The van der Waals surface area contributed by atoms with E-state index in [1.165, 1.54) is 18.4 Å². The van der Waals surface area contributed by atoms with Crippen molar-refractivity contribution in [1.29, 1.82) is 0 Å². The van der Waals surface area contributed by atoms with Gasteiger partial charge in [-0.3, -0.25) is 4.90 Å². The Hall–Kier alpha value is -3.19. The number of aromatic nitrogens is 3. The van der Waals surface area contributed by atoms with Crippen LogP contribution in [0.3, 0.4) is 0 Å². The predicted octanol–water partition coefficient (Wildman–Crippen LogP) is 2.90. The number of nitrogens with zero attached hydrogens (tertiary/aromatic N) is 4.